The fourth-order valence-electron chi connectivity index (χ4n) is 1.53. The van der Waals surface area contributed by atoms with Crippen LogP contribution >= 0.6 is 23.2 Å². The molecule has 0 fully saturated rings. The summed E-state index contributed by atoms with van der Waals surface area (Å²) in [6.07, 6.45) is 0. The van der Waals surface area contributed by atoms with Crippen LogP contribution in [0.2, 0.25) is 5.02 Å². The van der Waals surface area contributed by atoms with Gasteiger partial charge in [0.2, 0.25) is 0 Å². The Labute approximate surface area is 116 Å². The lowest BCUT2D eigenvalue weighted by Crippen LogP contribution is -1.91. The van der Waals surface area contributed by atoms with Crippen LogP contribution < -0.4 is 9.47 Å². The first-order chi connectivity index (χ1) is 8.74. The van der Waals surface area contributed by atoms with Gasteiger partial charge >= 0.3 is 0 Å². The van der Waals surface area contributed by atoms with Gasteiger partial charge in [0.25, 0.3) is 0 Å². The summed E-state index contributed by atoms with van der Waals surface area (Å²) < 4.78 is 10.8. The number of rotatable bonds is 4. The van der Waals surface area contributed by atoms with Crippen molar-refractivity contribution in [1.82, 2.24) is 0 Å². The molecule has 0 aromatic heterocycles. The topological polar surface area (TPSA) is 18.5 Å². The molecule has 0 spiro atoms. The molecule has 0 heterocycles. The fraction of sp³-hybridized carbons (Fsp3) is 0.143. The SMILES string of the molecule is COc1ccc(Oc2cccc(Cl)c2CCl)cc1. The summed E-state index contributed by atoms with van der Waals surface area (Å²) >= 11 is 11.9. The maximum Gasteiger partial charge on any atom is 0.133 e. The largest absolute Gasteiger partial charge is 0.497 e. The highest BCUT2D eigenvalue weighted by molar-refractivity contribution is 6.32. The maximum absolute atomic E-state index is 6.06. The first-order valence-corrected chi connectivity index (χ1v) is 6.31. The Morgan fingerprint density at radius 1 is 1.00 bits per heavy atom. The minimum Gasteiger partial charge on any atom is -0.497 e. The third kappa shape index (κ3) is 2.89. The second-order valence-corrected chi connectivity index (χ2v) is 4.30. The zero-order chi connectivity index (χ0) is 13.0. The third-order valence-corrected chi connectivity index (χ3v) is 3.12. The van der Waals surface area contributed by atoms with Crippen LogP contribution in [0.5, 0.6) is 17.2 Å². The minimum atomic E-state index is 0.311. The van der Waals surface area contributed by atoms with Crippen molar-refractivity contribution in [2.24, 2.45) is 0 Å². The highest BCUT2D eigenvalue weighted by atomic mass is 35.5. The summed E-state index contributed by atoms with van der Waals surface area (Å²) in [5.74, 6) is 2.48. The summed E-state index contributed by atoms with van der Waals surface area (Å²) in [7, 11) is 1.62. The molecule has 0 N–H and O–H groups in total. The average molecular weight is 283 g/mol. The fourth-order valence-corrected chi connectivity index (χ4v) is 2.11. The van der Waals surface area contributed by atoms with Gasteiger partial charge in [-0.2, -0.15) is 0 Å². The van der Waals surface area contributed by atoms with Gasteiger partial charge < -0.3 is 9.47 Å². The lowest BCUT2D eigenvalue weighted by Gasteiger charge is -2.11. The van der Waals surface area contributed by atoms with Crippen LogP contribution in [-0.2, 0) is 5.88 Å². The Morgan fingerprint density at radius 2 is 1.67 bits per heavy atom. The molecule has 0 aliphatic carbocycles. The molecule has 18 heavy (non-hydrogen) atoms. The number of halogens is 2. The molecule has 0 radical (unpaired) electrons. The second-order valence-electron chi connectivity index (χ2n) is 3.63. The van der Waals surface area contributed by atoms with Crippen LogP contribution in [0.1, 0.15) is 5.56 Å². The molecule has 0 amide bonds. The summed E-state index contributed by atoms with van der Waals surface area (Å²) in [4.78, 5) is 0. The van der Waals surface area contributed by atoms with Gasteiger partial charge in [-0.15, -0.1) is 11.6 Å². The van der Waals surface area contributed by atoms with Crippen LogP contribution in [0.3, 0.4) is 0 Å². The van der Waals surface area contributed by atoms with E-state index in [1.165, 1.54) is 0 Å². The first-order valence-electron chi connectivity index (χ1n) is 5.40. The molecule has 0 unspecified atom stereocenters. The zero-order valence-corrected chi connectivity index (χ0v) is 11.3. The van der Waals surface area contributed by atoms with Crippen molar-refractivity contribution in [2.75, 3.05) is 7.11 Å². The Balaban J connectivity index is 2.25. The number of hydrogen-bond acceptors (Lipinski definition) is 2. The molecule has 0 aliphatic heterocycles. The maximum atomic E-state index is 6.06. The predicted octanol–water partition coefficient (Wildman–Crippen LogP) is 4.88. The summed E-state index contributed by atoms with van der Waals surface area (Å²) in [6.45, 7) is 0. The second kappa shape index (κ2) is 5.98. The van der Waals surface area contributed by atoms with Crippen LogP contribution in [0.25, 0.3) is 0 Å². The van der Waals surface area contributed by atoms with Crippen LogP contribution in [0, 0.1) is 0 Å². The summed E-state index contributed by atoms with van der Waals surface area (Å²) in [5, 5.41) is 0.607. The number of alkyl halides is 1. The highest BCUT2D eigenvalue weighted by Crippen LogP contribution is 2.32. The molecule has 0 saturated heterocycles. The number of ether oxygens (including phenoxy) is 2. The van der Waals surface area contributed by atoms with Crippen molar-refractivity contribution in [3.05, 3.63) is 53.1 Å². The lowest BCUT2D eigenvalue weighted by molar-refractivity contribution is 0.412. The van der Waals surface area contributed by atoms with Gasteiger partial charge in [0.15, 0.2) is 0 Å². The molecular formula is C14H12Cl2O2. The van der Waals surface area contributed by atoms with E-state index in [-0.39, 0.29) is 0 Å². The average Bonchev–Trinajstić information content (AvgIpc) is 2.40. The minimum absolute atomic E-state index is 0.311. The first kappa shape index (κ1) is 13.1. The molecule has 2 rings (SSSR count). The molecule has 0 aliphatic rings. The molecule has 2 nitrogen and oxygen atoms in total. The van der Waals surface area contributed by atoms with E-state index in [1.54, 1.807) is 13.2 Å². The van der Waals surface area contributed by atoms with E-state index in [2.05, 4.69) is 0 Å². The van der Waals surface area contributed by atoms with Crippen molar-refractivity contribution in [3.8, 4) is 17.2 Å². The monoisotopic (exact) mass is 282 g/mol. The van der Waals surface area contributed by atoms with E-state index in [0.29, 0.717) is 22.4 Å². The van der Waals surface area contributed by atoms with Gasteiger partial charge in [0.05, 0.1) is 13.0 Å². The van der Waals surface area contributed by atoms with E-state index in [4.69, 9.17) is 32.7 Å². The molecule has 2 aromatic rings. The molecule has 4 heteroatoms. The van der Waals surface area contributed by atoms with E-state index in [0.717, 1.165) is 11.3 Å². The Kier molecular flexibility index (Phi) is 4.34. The summed E-state index contributed by atoms with van der Waals surface area (Å²) in [6, 6.07) is 12.8. The van der Waals surface area contributed by atoms with E-state index < -0.39 is 0 Å². The predicted molar refractivity (Wildman–Crippen MR) is 74.1 cm³/mol. The molecule has 2 aromatic carbocycles. The standard InChI is InChI=1S/C14H12Cl2O2/c1-17-10-5-7-11(8-6-10)18-14-4-2-3-13(16)12(14)9-15/h2-8H,9H2,1H3. The van der Waals surface area contributed by atoms with Crippen molar-refractivity contribution in [2.45, 2.75) is 5.88 Å². The normalized spacial score (nSPS) is 10.2. The van der Waals surface area contributed by atoms with Gasteiger partial charge in [-0.05, 0) is 36.4 Å². The Morgan fingerprint density at radius 3 is 2.28 bits per heavy atom. The molecular weight excluding hydrogens is 271 g/mol. The van der Waals surface area contributed by atoms with E-state index in [9.17, 15) is 0 Å². The smallest absolute Gasteiger partial charge is 0.133 e. The van der Waals surface area contributed by atoms with Crippen LogP contribution in [0.15, 0.2) is 42.5 Å². The number of hydrogen-bond donors (Lipinski definition) is 0. The molecule has 0 saturated carbocycles. The molecule has 0 bridgehead atoms. The highest BCUT2D eigenvalue weighted by Gasteiger charge is 2.08. The van der Waals surface area contributed by atoms with E-state index >= 15 is 0 Å². The van der Waals surface area contributed by atoms with E-state index in [1.807, 2.05) is 36.4 Å². The van der Waals surface area contributed by atoms with Crippen molar-refractivity contribution in [3.63, 3.8) is 0 Å². The van der Waals surface area contributed by atoms with Gasteiger partial charge in [-0.25, -0.2) is 0 Å². The summed E-state index contributed by atoms with van der Waals surface area (Å²) in [5.41, 5.74) is 0.789. The zero-order valence-electron chi connectivity index (χ0n) is 9.82. The third-order valence-electron chi connectivity index (χ3n) is 2.50. The van der Waals surface area contributed by atoms with Crippen LogP contribution in [0.4, 0.5) is 0 Å². The number of methoxy groups -OCH3 is 1. The van der Waals surface area contributed by atoms with Gasteiger partial charge in [-0.1, -0.05) is 17.7 Å². The number of benzene rings is 2. The van der Waals surface area contributed by atoms with Gasteiger partial charge in [0, 0.05) is 10.6 Å². The van der Waals surface area contributed by atoms with Crippen molar-refractivity contribution >= 4 is 23.2 Å². The quantitative estimate of drug-likeness (QED) is 0.744. The van der Waals surface area contributed by atoms with Crippen molar-refractivity contribution in [1.29, 1.82) is 0 Å². The lowest BCUT2D eigenvalue weighted by atomic mass is 10.2. The van der Waals surface area contributed by atoms with Crippen LogP contribution in [-0.4, -0.2) is 7.11 Å². The van der Waals surface area contributed by atoms with Gasteiger partial charge in [-0.3, -0.25) is 0 Å². The van der Waals surface area contributed by atoms with Gasteiger partial charge in [0.1, 0.15) is 17.2 Å². The van der Waals surface area contributed by atoms with Crippen molar-refractivity contribution < 1.29 is 9.47 Å². The Bertz CT molecular complexity index is 524. The molecule has 94 valence electrons. The molecule has 0 atom stereocenters. The Hall–Kier alpha value is -1.38.